The minimum atomic E-state index is 0.154. The smallest absolute Gasteiger partial charge is 0.221 e. The highest BCUT2D eigenvalue weighted by molar-refractivity contribution is 5.82. The van der Waals surface area contributed by atoms with Crippen LogP contribution in [0.3, 0.4) is 0 Å². The summed E-state index contributed by atoms with van der Waals surface area (Å²) in [5.41, 5.74) is 2.26. The van der Waals surface area contributed by atoms with Gasteiger partial charge >= 0.3 is 0 Å². The first-order valence-electron chi connectivity index (χ1n) is 12.5. The molecule has 2 aromatic carbocycles. The number of hydrogen-bond donors (Lipinski definition) is 1. The van der Waals surface area contributed by atoms with E-state index in [1.807, 2.05) is 24.3 Å². The van der Waals surface area contributed by atoms with Gasteiger partial charge in [-0.25, -0.2) is 0 Å². The van der Waals surface area contributed by atoms with E-state index in [0.29, 0.717) is 31.5 Å². The average Bonchev–Trinajstić information content (AvgIpc) is 3.28. The second-order valence-corrected chi connectivity index (χ2v) is 9.56. The second-order valence-electron chi connectivity index (χ2n) is 9.56. The van der Waals surface area contributed by atoms with Gasteiger partial charge in [0.15, 0.2) is 0 Å². The number of piperidine rings is 2. The molecule has 5 nitrogen and oxygen atoms in total. The van der Waals surface area contributed by atoms with Gasteiger partial charge in [0.25, 0.3) is 0 Å². The van der Waals surface area contributed by atoms with Crippen LogP contribution in [0.5, 0.6) is 5.75 Å². The number of fused-ring (bicyclic) bond motifs is 2. The molecular weight excluding hydrogens is 410 g/mol. The summed E-state index contributed by atoms with van der Waals surface area (Å²) in [5.74, 6) is 1.62. The molecule has 2 aliphatic rings. The Morgan fingerprint density at radius 1 is 1.00 bits per heavy atom. The maximum Gasteiger partial charge on any atom is 0.221 e. The zero-order chi connectivity index (χ0) is 22.5. The van der Waals surface area contributed by atoms with Gasteiger partial charge in [0.05, 0.1) is 5.52 Å². The number of rotatable bonds is 8. The summed E-state index contributed by atoms with van der Waals surface area (Å²) in [7, 11) is 0. The Kier molecular flexibility index (Phi) is 6.96. The van der Waals surface area contributed by atoms with E-state index in [-0.39, 0.29) is 5.91 Å². The summed E-state index contributed by atoms with van der Waals surface area (Å²) >= 11 is 0. The van der Waals surface area contributed by atoms with Gasteiger partial charge in [-0.15, -0.1) is 0 Å². The molecule has 5 heteroatoms. The van der Waals surface area contributed by atoms with Gasteiger partial charge in [0.1, 0.15) is 12.4 Å². The second kappa shape index (κ2) is 10.4. The third-order valence-electron chi connectivity index (χ3n) is 7.36. The summed E-state index contributed by atoms with van der Waals surface area (Å²) < 4.78 is 8.16. The lowest BCUT2D eigenvalue weighted by Crippen LogP contribution is -2.51. The number of nitrogens with zero attached hydrogens (tertiary/aromatic N) is 2. The van der Waals surface area contributed by atoms with Gasteiger partial charge < -0.3 is 19.5 Å². The quantitative estimate of drug-likeness (QED) is 0.531. The largest absolute Gasteiger partial charge is 0.489 e. The van der Waals surface area contributed by atoms with Crippen LogP contribution >= 0.6 is 0 Å². The van der Waals surface area contributed by atoms with Crippen LogP contribution in [-0.2, 0) is 17.9 Å². The minimum Gasteiger partial charge on any atom is -0.489 e. The van der Waals surface area contributed by atoms with Crippen LogP contribution in [0.1, 0.15) is 44.1 Å². The summed E-state index contributed by atoms with van der Waals surface area (Å²) in [6.07, 6.45) is 9.05. The molecule has 1 N–H and O–H groups in total. The van der Waals surface area contributed by atoms with Crippen LogP contribution in [0.25, 0.3) is 10.9 Å². The van der Waals surface area contributed by atoms with Gasteiger partial charge in [-0.3, -0.25) is 4.79 Å². The zero-order valence-electron chi connectivity index (χ0n) is 19.4. The van der Waals surface area contributed by atoms with E-state index in [1.165, 1.54) is 50.6 Å². The van der Waals surface area contributed by atoms with Crippen molar-refractivity contribution in [3.05, 3.63) is 66.4 Å². The fourth-order valence-electron chi connectivity index (χ4n) is 5.56. The highest BCUT2D eigenvalue weighted by Gasteiger charge is 2.32. The van der Waals surface area contributed by atoms with Crippen LogP contribution in [0.2, 0.25) is 0 Å². The lowest BCUT2D eigenvalue weighted by atomic mass is 9.83. The molecule has 2 fully saturated rings. The Bertz CT molecular complexity index is 1060. The number of nitrogens with one attached hydrogen (secondary N) is 1. The molecule has 3 heterocycles. The Morgan fingerprint density at radius 3 is 2.79 bits per heavy atom. The SMILES string of the molecule is O=C(CCn1ccc2ccc(OCc3ccccc3)cc21)NCC1CCCN2CCCCC12. The van der Waals surface area contributed by atoms with E-state index >= 15 is 0 Å². The average molecular weight is 446 g/mol. The summed E-state index contributed by atoms with van der Waals surface area (Å²) in [5, 5.41) is 4.41. The molecule has 0 bridgehead atoms. The van der Waals surface area contributed by atoms with Gasteiger partial charge in [-0.05, 0) is 73.8 Å². The standard InChI is InChI=1S/C28H35N3O2/c32-28(29-20-24-9-6-16-30-15-5-4-10-26(24)30)14-18-31-17-13-23-11-12-25(19-27(23)31)33-21-22-7-2-1-3-8-22/h1-3,7-8,11-13,17,19,24,26H,4-6,9-10,14-16,18,20-21H2,(H,29,32). The number of amides is 1. The van der Waals surface area contributed by atoms with Crippen molar-refractivity contribution in [1.29, 1.82) is 0 Å². The Balaban J connectivity index is 1.14. The molecule has 1 aromatic heterocycles. The topological polar surface area (TPSA) is 46.5 Å². The van der Waals surface area contributed by atoms with E-state index < -0.39 is 0 Å². The molecule has 5 rings (SSSR count). The minimum absolute atomic E-state index is 0.154. The molecule has 0 aliphatic carbocycles. The van der Waals surface area contributed by atoms with Crippen molar-refractivity contribution < 1.29 is 9.53 Å². The molecule has 2 atom stereocenters. The molecule has 2 unspecified atom stereocenters. The maximum atomic E-state index is 12.6. The molecule has 3 aromatic rings. The highest BCUT2D eigenvalue weighted by atomic mass is 16.5. The number of aromatic nitrogens is 1. The maximum absolute atomic E-state index is 12.6. The molecule has 0 radical (unpaired) electrons. The fraction of sp³-hybridized carbons (Fsp3) is 0.464. The van der Waals surface area contributed by atoms with Gasteiger partial charge in [-0.1, -0.05) is 36.8 Å². The van der Waals surface area contributed by atoms with E-state index in [2.05, 4.69) is 51.3 Å². The third kappa shape index (κ3) is 5.41. The predicted octanol–water partition coefficient (Wildman–Crippen LogP) is 4.99. The van der Waals surface area contributed by atoms with E-state index in [0.717, 1.165) is 23.4 Å². The highest BCUT2D eigenvalue weighted by Crippen LogP contribution is 2.30. The summed E-state index contributed by atoms with van der Waals surface area (Å²) in [6, 6.07) is 19.2. The molecule has 33 heavy (non-hydrogen) atoms. The molecular formula is C28H35N3O2. The zero-order valence-corrected chi connectivity index (χ0v) is 19.4. The fourth-order valence-corrected chi connectivity index (χ4v) is 5.56. The number of carbonyl (C=O) groups excluding carboxylic acids is 1. The predicted molar refractivity (Wildman–Crippen MR) is 132 cm³/mol. The van der Waals surface area contributed by atoms with E-state index in [1.54, 1.807) is 0 Å². The lowest BCUT2D eigenvalue weighted by Gasteiger charge is -2.44. The number of aryl methyl sites for hydroxylation is 1. The van der Waals surface area contributed by atoms with Crippen LogP contribution in [0.4, 0.5) is 0 Å². The molecule has 1 amide bonds. The van der Waals surface area contributed by atoms with Crippen molar-refractivity contribution in [3.63, 3.8) is 0 Å². The molecule has 2 saturated heterocycles. The first kappa shape index (κ1) is 22.0. The molecule has 2 aliphatic heterocycles. The van der Waals surface area contributed by atoms with Crippen molar-refractivity contribution in [3.8, 4) is 5.75 Å². The van der Waals surface area contributed by atoms with E-state index in [4.69, 9.17) is 4.74 Å². The summed E-state index contributed by atoms with van der Waals surface area (Å²) in [4.78, 5) is 15.3. The van der Waals surface area contributed by atoms with Crippen molar-refractivity contribution in [2.75, 3.05) is 19.6 Å². The Labute approximate surface area is 196 Å². The van der Waals surface area contributed by atoms with Crippen LogP contribution in [0.15, 0.2) is 60.8 Å². The van der Waals surface area contributed by atoms with Gasteiger partial charge in [0.2, 0.25) is 5.91 Å². The Hall–Kier alpha value is -2.79. The third-order valence-corrected chi connectivity index (χ3v) is 7.36. The first-order valence-corrected chi connectivity index (χ1v) is 12.5. The van der Waals surface area contributed by atoms with Crippen LogP contribution in [-0.4, -0.2) is 41.1 Å². The Morgan fingerprint density at radius 2 is 1.88 bits per heavy atom. The lowest BCUT2D eigenvalue weighted by molar-refractivity contribution is -0.121. The van der Waals surface area contributed by atoms with Gasteiger partial charge in [-0.2, -0.15) is 0 Å². The summed E-state index contributed by atoms with van der Waals surface area (Å²) in [6.45, 7) is 4.54. The van der Waals surface area contributed by atoms with Gasteiger partial charge in [0, 0.05) is 37.8 Å². The molecule has 0 saturated carbocycles. The van der Waals surface area contributed by atoms with Crippen molar-refractivity contribution in [1.82, 2.24) is 14.8 Å². The van der Waals surface area contributed by atoms with Crippen molar-refractivity contribution in [2.45, 2.75) is 57.7 Å². The number of carbonyl (C=O) groups is 1. The normalized spacial score (nSPS) is 21.0. The number of ether oxygens (including phenoxy) is 1. The number of benzene rings is 2. The van der Waals surface area contributed by atoms with E-state index in [9.17, 15) is 4.79 Å². The first-order chi connectivity index (χ1) is 16.3. The molecule has 174 valence electrons. The number of hydrogen-bond acceptors (Lipinski definition) is 3. The monoisotopic (exact) mass is 445 g/mol. The van der Waals surface area contributed by atoms with Crippen LogP contribution < -0.4 is 10.1 Å². The van der Waals surface area contributed by atoms with Crippen LogP contribution in [0, 0.1) is 5.92 Å². The van der Waals surface area contributed by atoms with Crippen molar-refractivity contribution >= 4 is 16.8 Å². The molecule has 0 spiro atoms. The van der Waals surface area contributed by atoms with Crippen molar-refractivity contribution in [2.24, 2.45) is 5.92 Å².